The fourth-order valence-corrected chi connectivity index (χ4v) is 8.51. The standard InChI is InChI=1S/C30H23BF10OP/c1-11-7-13(3)29(14(4)8-11)43(30-15(5)9-12(2)10-16(30)6)42-31(17-19(32)23(36)27(40)24(37)20(17)33)18-21(34)25(38)28(41)26(39)22(18)35/h7-10,31H,1-6H3/q-1/p+1. The van der Waals surface area contributed by atoms with Crippen LogP contribution in [-0.2, 0) is 4.44 Å². The Bertz CT molecular complexity index is 1560. The van der Waals surface area contributed by atoms with E-state index in [1.54, 1.807) is 65.8 Å². The van der Waals surface area contributed by atoms with Crippen molar-refractivity contribution >= 4 is 36.6 Å². The molecule has 0 atom stereocenters. The van der Waals surface area contributed by atoms with Gasteiger partial charge in [-0.15, -0.1) is 0 Å². The quantitative estimate of drug-likeness (QED) is 0.0770. The average Bonchev–Trinajstić information content (AvgIpc) is 2.91. The van der Waals surface area contributed by atoms with Gasteiger partial charge in [0.25, 0.3) is 0 Å². The summed E-state index contributed by atoms with van der Waals surface area (Å²) in [7, 11) is -2.99. The van der Waals surface area contributed by atoms with Gasteiger partial charge < -0.3 is 4.44 Å². The molecule has 0 aliphatic carbocycles. The van der Waals surface area contributed by atoms with Crippen LogP contribution in [0.1, 0.15) is 33.4 Å². The van der Waals surface area contributed by atoms with Crippen LogP contribution in [0.25, 0.3) is 0 Å². The summed E-state index contributed by atoms with van der Waals surface area (Å²) < 4.78 is 153. The summed E-state index contributed by atoms with van der Waals surface area (Å²) in [4.78, 5) is 0. The van der Waals surface area contributed by atoms with Gasteiger partial charge in [0.15, 0.2) is 34.9 Å². The zero-order chi connectivity index (χ0) is 32.2. The Labute approximate surface area is 242 Å². The minimum absolute atomic E-state index is 0.399. The molecule has 0 radical (unpaired) electrons. The maximum atomic E-state index is 15.3. The van der Waals surface area contributed by atoms with Crippen molar-refractivity contribution in [1.29, 1.82) is 0 Å². The number of halogens is 10. The van der Waals surface area contributed by atoms with Crippen LogP contribution in [-0.4, -0.2) is 6.92 Å². The second-order valence-corrected chi connectivity index (χ2v) is 12.5. The van der Waals surface area contributed by atoms with E-state index in [2.05, 4.69) is 0 Å². The Morgan fingerprint density at radius 1 is 0.419 bits per heavy atom. The summed E-state index contributed by atoms with van der Waals surface area (Å²) in [6.07, 6.45) is 0. The lowest BCUT2D eigenvalue weighted by molar-refractivity contribution is 0.380. The van der Waals surface area contributed by atoms with Gasteiger partial charge in [0, 0.05) is 0 Å². The van der Waals surface area contributed by atoms with Crippen LogP contribution in [0.5, 0.6) is 0 Å². The normalized spacial score (nSPS) is 11.8. The second kappa shape index (κ2) is 12.0. The molecule has 228 valence electrons. The van der Waals surface area contributed by atoms with E-state index in [4.69, 9.17) is 4.44 Å². The van der Waals surface area contributed by atoms with Gasteiger partial charge in [-0.1, -0.05) is 46.3 Å². The fourth-order valence-electron chi connectivity index (χ4n) is 5.68. The molecule has 1 nitrogen and oxygen atoms in total. The van der Waals surface area contributed by atoms with Gasteiger partial charge in [0.1, 0.15) is 42.0 Å². The van der Waals surface area contributed by atoms with E-state index in [0.29, 0.717) is 32.9 Å². The minimum atomic E-state index is -4.20. The first kappa shape index (κ1) is 32.5. The van der Waals surface area contributed by atoms with Crippen LogP contribution in [0.4, 0.5) is 43.9 Å². The first-order valence-electron chi connectivity index (χ1n) is 12.9. The fraction of sp³-hybridized carbons (Fsp3) is 0.200. The lowest BCUT2D eigenvalue weighted by Crippen LogP contribution is -2.53. The van der Waals surface area contributed by atoms with Gasteiger partial charge in [-0.3, -0.25) is 0 Å². The van der Waals surface area contributed by atoms with E-state index in [1.165, 1.54) is 0 Å². The van der Waals surface area contributed by atoms with Gasteiger partial charge in [-0.05, 0) is 63.8 Å². The number of benzene rings is 4. The average molecular weight is 632 g/mol. The molecule has 0 aliphatic heterocycles. The summed E-state index contributed by atoms with van der Waals surface area (Å²) >= 11 is 0. The SMILES string of the molecule is Cc1cc(C)c([PH+](O[BH-](c2c(F)c(F)c(F)c(F)c2F)c2c(F)c(F)c(F)c(F)c2F)c2c(C)cc(C)cc2C)c(C)c1. The predicted octanol–water partition coefficient (Wildman–Crippen LogP) is 6.56. The first-order chi connectivity index (χ1) is 20.0. The molecule has 0 N–H and O–H groups in total. The molecule has 0 saturated heterocycles. The van der Waals surface area contributed by atoms with Crippen LogP contribution in [0.2, 0.25) is 0 Å². The third-order valence-electron chi connectivity index (χ3n) is 7.34. The van der Waals surface area contributed by atoms with Gasteiger partial charge >= 0.3 is 0 Å². The molecular weight excluding hydrogens is 608 g/mol. The highest BCUT2D eigenvalue weighted by Gasteiger charge is 2.39. The third-order valence-corrected chi connectivity index (χ3v) is 10.4. The van der Waals surface area contributed by atoms with Crippen LogP contribution in [0.3, 0.4) is 0 Å². The first-order valence-corrected chi connectivity index (χ1v) is 14.3. The maximum Gasteiger partial charge on any atom is 0.219 e. The van der Waals surface area contributed by atoms with Gasteiger partial charge in [0.05, 0.1) is 0 Å². The predicted molar refractivity (Wildman–Crippen MR) is 149 cm³/mol. The Morgan fingerprint density at radius 2 is 0.651 bits per heavy atom. The molecule has 43 heavy (non-hydrogen) atoms. The monoisotopic (exact) mass is 632 g/mol. The van der Waals surface area contributed by atoms with E-state index >= 15 is 17.6 Å². The van der Waals surface area contributed by atoms with E-state index in [9.17, 15) is 26.3 Å². The molecule has 4 aromatic rings. The molecule has 0 aromatic heterocycles. The third kappa shape index (κ3) is 5.55. The van der Waals surface area contributed by atoms with Crippen LogP contribution >= 0.6 is 8.15 Å². The van der Waals surface area contributed by atoms with Crippen molar-refractivity contribution < 1.29 is 48.3 Å². The number of rotatable bonds is 6. The molecule has 4 rings (SSSR count). The van der Waals surface area contributed by atoms with E-state index in [1.807, 2.05) is 0 Å². The Balaban J connectivity index is 2.18. The van der Waals surface area contributed by atoms with Crippen molar-refractivity contribution in [2.75, 3.05) is 0 Å². The Hall–Kier alpha value is -3.37. The molecule has 0 amide bonds. The zero-order valence-electron chi connectivity index (χ0n) is 23.7. The van der Waals surface area contributed by atoms with Gasteiger partial charge in [-0.2, -0.15) is 0 Å². The molecule has 0 fully saturated rings. The Morgan fingerprint density at radius 3 is 0.907 bits per heavy atom. The lowest BCUT2D eigenvalue weighted by atomic mass is 9.54. The van der Waals surface area contributed by atoms with Crippen LogP contribution in [0.15, 0.2) is 24.3 Å². The van der Waals surface area contributed by atoms with Gasteiger partial charge in [-0.25, -0.2) is 43.9 Å². The van der Waals surface area contributed by atoms with E-state index in [0.717, 1.165) is 11.1 Å². The van der Waals surface area contributed by atoms with Crippen LogP contribution < -0.4 is 21.5 Å². The maximum absolute atomic E-state index is 15.3. The highest BCUT2D eigenvalue weighted by atomic mass is 31.1. The second-order valence-electron chi connectivity index (χ2n) is 10.6. The molecule has 0 saturated carbocycles. The highest BCUT2D eigenvalue weighted by molar-refractivity contribution is 7.70. The molecule has 0 heterocycles. The smallest absolute Gasteiger partial charge is 0.219 e. The molecular formula is C30H24BF10OP. The van der Waals surface area contributed by atoms with Crippen molar-refractivity contribution in [2.24, 2.45) is 0 Å². The molecule has 0 spiro atoms. The summed E-state index contributed by atoms with van der Waals surface area (Å²) in [6, 6.07) is 6.87. The molecule has 13 heteroatoms. The molecule has 4 aromatic carbocycles. The number of aryl methyl sites for hydroxylation is 6. The van der Waals surface area contributed by atoms with Crippen molar-refractivity contribution in [1.82, 2.24) is 0 Å². The highest BCUT2D eigenvalue weighted by Crippen LogP contribution is 2.42. The Kier molecular flexibility index (Phi) is 9.05. The van der Waals surface area contributed by atoms with Gasteiger partial charge in [0.2, 0.25) is 6.92 Å². The summed E-state index contributed by atoms with van der Waals surface area (Å²) in [5.74, 6) is -25.1. The molecule has 0 unspecified atom stereocenters. The van der Waals surface area contributed by atoms with Crippen molar-refractivity contribution in [3.05, 3.63) is 116 Å². The molecule has 0 aliphatic rings. The van der Waals surface area contributed by atoms with E-state index in [-0.39, 0.29) is 0 Å². The van der Waals surface area contributed by atoms with Crippen molar-refractivity contribution in [3.63, 3.8) is 0 Å². The molecule has 0 bridgehead atoms. The summed E-state index contributed by atoms with van der Waals surface area (Å²) in [5.41, 5.74) is 0.149. The number of hydrogen-bond acceptors (Lipinski definition) is 1. The van der Waals surface area contributed by atoms with Crippen LogP contribution in [0, 0.1) is 99.7 Å². The van der Waals surface area contributed by atoms with E-state index < -0.39 is 84.2 Å². The lowest BCUT2D eigenvalue weighted by Gasteiger charge is -2.31. The largest absolute Gasteiger partial charge is 0.428 e. The summed E-state index contributed by atoms with van der Waals surface area (Å²) in [5, 5.41) is 0.798. The zero-order valence-corrected chi connectivity index (χ0v) is 24.7. The minimum Gasteiger partial charge on any atom is -0.428 e. The number of hydrogen-bond donors (Lipinski definition) is 0. The topological polar surface area (TPSA) is 9.23 Å². The summed E-state index contributed by atoms with van der Waals surface area (Å²) in [6.45, 7) is 5.98. The van der Waals surface area contributed by atoms with Crippen molar-refractivity contribution in [2.45, 2.75) is 41.5 Å². The van der Waals surface area contributed by atoms with Crippen molar-refractivity contribution in [3.8, 4) is 0 Å².